The van der Waals surface area contributed by atoms with Gasteiger partial charge in [-0.05, 0) is 36.1 Å². The summed E-state index contributed by atoms with van der Waals surface area (Å²) in [5.41, 5.74) is 10.5. The fourth-order valence-corrected chi connectivity index (χ4v) is 4.33. The lowest BCUT2D eigenvalue weighted by atomic mass is 9.76. The van der Waals surface area contributed by atoms with E-state index in [0.717, 1.165) is 19.5 Å². The first kappa shape index (κ1) is 17.0. The van der Waals surface area contributed by atoms with Gasteiger partial charge in [-0.15, -0.1) is 0 Å². The molecule has 1 aliphatic heterocycles. The fourth-order valence-electron chi connectivity index (χ4n) is 4.33. The Morgan fingerprint density at radius 2 is 1.27 bits per heavy atom. The lowest BCUT2D eigenvalue weighted by Gasteiger charge is -2.41. The Balaban J connectivity index is 1.74. The second-order valence-corrected chi connectivity index (χ2v) is 7.22. The summed E-state index contributed by atoms with van der Waals surface area (Å²) in [6, 6.07) is 32.2. The Labute approximate surface area is 156 Å². The van der Waals surface area contributed by atoms with E-state index >= 15 is 0 Å². The van der Waals surface area contributed by atoms with Crippen molar-refractivity contribution in [3.63, 3.8) is 0 Å². The van der Waals surface area contributed by atoms with Crippen molar-refractivity contribution in [3.05, 3.63) is 108 Å². The van der Waals surface area contributed by atoms with Crippen LogP contribution in [0.1, 0.15) is 29.5 Å². The van der Waals surface area contributed by atoms with Crippen molar-refractivity contribution in [3.8, 4) is 0 Å². The second kappa shape index (κ2) is 7.45. The molecule has 3 aromatic carbocycles. The third-order valence-electron chi connectivity index (χ3n) is 5.62. The van der Waals surface area contributed by atoms with Crippen LogP contribution in [0.4, 0.5) is 0 Å². The Morgan fingerprint density at radius 1 is 0.769 bits per heavy atom. The molecule has 26 heavy (non-hydrogen) atoms. The van der Waals surface area contributed by atoms with Crippen molar-refractivity contribution >= 4 is 0 Å². The smallest absolute Gasteiger partial charge is 0.0823 e. The third-order valence-corrected chi connectivity index (χ3v) is 5.62. The highest BCUT2D eigenvalue weighted by atomic mass is 15.2. The van der Waals surface area contributed by atoms with Gasteiger partial charge in [0.2, 0.25) is 0 Å². The summed E-state index contributed by atoms with van der Waals surface area (Å²) in [6.45, 7) is 2.04. The van der Waals surface area contributed by atoms with Crippen LogP contribution in [0.25, 0.3) is 0 Å². The first-order valence-electron chi connectivity index (χ1n) is 9.46. The molecular formula is C24H26N2. The van der Waals surface area contributed by atoms with Crippen LogP contribution in [-0.4, -0.2) is 17.5 Å². The third kappa shape index (κ3) is 3.18. The minimum Gasteiger partial charge on any atom is -0.316 e. The normalized spacial score (nSPS) is 18.1. The number of likely N-dealkylation sites (tertiary alicyclic amines) is 1. The Morgan fingerprint density at radius 3 is 1.81 bits per heavy atom. The maximum Gasteiger partial charge on any atom is 0.0823 e. The molecule has 3 aromatic rings. The van der Waals surface area contributed by atoms with E-state index in [1.807, 2.05) is 0 Å². The number of hydrogen-bond acceptors (Lipinski definition) is 2. The van der Waals surface area contributed by atoms with Crippen LogP contribution in [0.3, 0.4) is 0 Å². The summed E-state index contributed by atoms with van der Waals surface area (Å²) < 4.78 is 0. The summed E-state index contributed by atoms with van der Waals surface area (Å²) in [6.07, 6.45) is 2.31. The second-order valence-electron chi connectivity index (χ2n) is 7.22. The lowest BCUT2D eigenvalue weighted by molar-refractivity contribution is 0.177. The molecule has 1 saturated heterocycles. The Kier molecular flexibility index (Phi) is 4.87. The fraction of sp³-hybridized carbons (Fsp3) is 0.250. The van der Waals surface area contributed by atoms with Crippen molar-refractivity contribution in [1.82, 2.24) is 4.90 Å². The van der Waals surface area contributed by atoms with Crippen LogP contribution in [0.15, 0.2) is 91.0 Å². The SMILES string of the molecule is NC(c1ccccc1)(c1ccccc1)C1CCCN1Cc1ccccc1. The molecule has 0 bridgehead atoms. The highest BCUT2D eigenvalue weighted by Crippen LogP contribution is 2.38. The van der Waals surface area contributed by atoms with Gasteiger partial charge in [0.05, 0.1) is 5.54 Å². The van der Waals surface area contributed by atoms with Crippen LogP contribution < -0.4 is 5.73 Å². The standard InChI is InChI=1S/C24H26N2/c25-24(21-13-6-2-7-14-21,22-15-8-3-9-16-22)23-17-10-18-26(23)19-20-11-4-1-5-12-20/h1-9,11-16,23H,10,17-19,25H2. The molecule has 2 heteroatoms. The van der Waals surface area contributed by atoms with Gasteiger partial charge >= 0.3 is 0 Å². The van der Waals surface area contributed by atoms with Gasteiger partial charge in [-0.2, -0.15) is 0 Å². The average molecular weight is 342 g/mol. The largest absolute Gasteiger partial charge is 0.316 e. The predicted octanol–water partition coefficient (Wildman–Crippen LogP) is 4.55. The van der Waals surface area contributed by atoms with E-state index < -0.39 is 5.54 Å². The summed E-state index contributed by atoms with van der Waals surface area (Å²) >= 11 is 0. The quantitative estimate of drug-likeness (QED) is 0.737. The van der Waals surface area contributed by atoms with Gasteiger partial charge < -0.3 is 5.73 Å². The Hall–Kier alpha value is -2.42. The van der Waals surface area contributed by atoms with Gasteiger partial charge in [0, 0.05) is 12.6 Å². The molecule has 0 aromatic heterocycles. The molecule has 0 radical (unpaired) electrons. The number of hydrogen-bond donors (Lipinski definition) is 1. The van der Waals surface area contributed by atoms with Gasteiger partial charge in [-0.3, -0.25) is 4.90 Å². The minimum atomic E-state index is -0.506. The molecule has 1 atom stereocenters. The zero-order chi connectivity index (χ0) is 17.8. The van der Waals surface area contributed by atoms with Gasteiger partial charge in [-0.1, -0.05) is 91.0 Å². The molecule has 1 unspecified atom stereocenters. The summed E-state index contributed by atoms with van der Waals surface area (Å²) in [5.74, 6) is 0. The number of nitrogens with two attached hydrogens (primary N) is 1. The molecule has 2 N–H and O–H groups in total. The van der Waals surface area contributed by atoms with Gasteiger partial charge in [0.1, 0.15) is 0 Å². The van der Waals surface area contributed by atoms with E-state index in [-0.39, 0.29) is 6.04 Å². The van der Waals surface area contributed by atoms with E-state index in [4.69, 9.17) is 5.73 Å². The summed E-state index contributed by atoms with van der Waals surface area (Å²) in [5, 5.41) is 0. The Bertz CT molecular complexity index is 775. The maximum absolute atomic E-state index is 7.25. The van der Waals surface area contributed by atoms with E-state index in [1.54, 1.807) is 0 Å². The average Bonchev–Trinajstić information content (AvgIpc) is 3.18. The molecule has 132 valence electrons. The van der Waals surface area contributed by atoms with Crippen molar-refractivity contribution in [2.24, 2.45) is 5.73 Å². The highest BCUT2D eigenvalue weighted by molar-refractivity contribution is 5.40. The molecule has 1 heterocycles. The summed E-state index contributed by atoms with van der Waals surface area (Å²) in [4.78, 5) is 2.56. The number of rotatable bonds is 5. The zero-order valence-corrected chi connectivity index (χ0v) is 15.1. The van der Waals surface area contributed by atoms with Crippen LogP contribution >= 0.6 is 0 Å². The summed E-state index contributed by atoms with van der Waals surface area (Å²) in [7, 11) is 0. The predicted molar refractivity (Wildman–Crippen MR) is 108 cm³/mol. The molecule has 2 nitrogen and oxygen atoms in total. The van der Waals surface area contributed by atoms with Gasteiger partial charge in [0.25, 0.3) is 0 Å². The van der Waals surface area contributed by atoms with E-state index in [2.05, 4.69) is 95.9 Å². The molecule has 4 rings (SSSR count). The molecule has 0 aliphatic carbocycles. The van der Waals surface area contributed by atoms with Crippen LogP contribution in [-0.2, 0) is 12.1 Å². The monoisotopic (exact) mass is 342 g/mol. The first-order chi connectivity index (χ1) is 12.8. The molecule has 0 saturated carbocycles. The van der Waals surface area contributed by atoms with Crippen molar-refractivity contribution in [1.29, 1.82) is 0 Å². The van der Waals surface area contributed by atoms with Gasteiger partial charge in [-0.25, -0.2) is 0 Å². The number of nitrogens with zero attached hydrogens (tertiary/aromatic N) is 1. The van der Waals surface area contributed by atoms with Crippen molar-refractivity contribution in [2.75, 3.05) is 6.54 Å². The van der Waals surface area contributed by atoms with Crippen molar-refractivity contribution < 1.29 is 0 Å². The molecular weight excluding hydrogens is 316 g/mol. The van der Waals surface area contributed by atoms with E-state index in [9.17, 15) is 0 Å². The zero-order valence-electron chi connectivity index (χ0n) is 15.1. The van der Waals surface area contributed by atoms with Crippen LogP contribution in [0, 0.1) is 0 Å². The molecule has 0 amide bonds. The molecule has 1 fully saturated rings. The maximum atomic E-state index is 7.25. The number of benzene rings is 3. The molecule has 1 aliphatic rings. The first-order valence-corrected chi connectivity index (χ1v) is 9.46. The van der Waals surface area contributed by atoms with Crippen LogP contribution in [0.2, 0.25) is 0 Å². The van der Waals surface area contributed by atoms with E-state index in [1.165, 1.54) is 23.1 Å². The minimum absolute atomic E-state index is 0.285. The molecule has 0 spiro atoms. The van der Waals surface area contributed by atoms with Crippen LogP contribution in [0.5, 0.6) is 0 Å². The van der Waals surface area contributed by atoms with E-state index in [0.29, 0.717) is 0 Å². The topological polar surface area (TPSA) is 29.3 Å². The van der Waals surface area contributed by atoms with Crippen molar-refractivity contribution in [2.45, 2.75) is 31.0 Å². The van der Waals surface area contributed by atoms with Gasteiger partial charge in [0.15, 0.2) is 0 Å². The lowest BCUT2D eigenvalue weighted by Crippen LogP contribution is -2.54. The highest BCUT2D eigenvalue weighted by Gasteiger charge is 2.43.